The smallest absolute Gasteiger partial charge is 0.336 e. The summed E-state index contributed by atoms with van der Waals surface area (Å²) in [5.41, 5.74) is -0.833. The molecule has 0 bridgehead atoms. The fourth-order valence-corrected chi connectivity index (χ4v) is 4.19. The van der Waals surface area contributed by atoms with E-state index in [2.05, 4.69) is 0 Å². The number of aromatic carboxylic acids is 2. The van der Waals surface area contributed by atoms with Crippen molar-refractivity contribution >= 4 is 11.9 Å². The monoisotopic (exact) mass is 334 g/mol. The third-order valence-electron chi connectivity index (χ3n) is 5.74. The molecule has 1 aliphatic heterocycles. The van der Waals surface area contributed by atoms with E-state index in [1.165, 1.54) is 12.1 Å². The molecule has 24 heavy (non-hydrogen) atoms. The molecule has 1 radical (unpaired) electrons. The van der Waals surface area contributed by atoms with Crippen LogP contribution in [-0.2, 0) is 16.3 Å². The lowest BCUT2D eigenvalue weighted by Gasteiger charge is -2.40. The van der Waals surface area contributed by atoms with Gasteiger partial charge < -0.3 is 10.2 Å². The van der Waals surface area contributed by atoms with Gasteiger partial charge in [0.05, 0.1) is 22.2 Å². The third kappa shape index (κ3) is 2.17. The Morgan fingerprint density at radius 2 is 1.12 bits per heavy atom. The second kappa shape index (κ2) is 6.18. The van der Waals surface area contributed by atoms with Crippen LogP contribution >= 0.6 is 0 Å². The summed E-state index contributed by atoms with van der Waals surface area (Å²) in [5.74, 6) is -2.58. The van der Waals surface area contributed by atoms with Crippen molar-refractivity contribution in [2.24, 2.45) is 0 Å². The zero-order chi connectivity index (χ0) is 18.3. The highest BCUT2D eigenvalue weighted by atomic mass is 16.5. The summed E-state index contributed by atoms with van der Waals surface area (Å²) in [4.78, 5) is 23.1. The Morgan fingerprint density at radius 3 is 1.33 bits per heavy atom. The van der Waals surface area contributed by atoms with Gasteiger partial charge in [-0.05, 0) is 48.9 Å². The minimum Gasteiger partial charge on any atom is -0.478 e. The molecule has 0 unspecified atom stereocenters. The van der Waals surface area contributed by atoms with Crippen molar-refractivity contribution in [3.05, 3.63) is 34.4 Å². The van der Waals surface area contributed by atoms with Gasteiger partial charge in [-0.25, -0.2) is 9.59 Å². The maximum Gasteiger partial charge on any atom is 0.336 e. The molecule has 6 nitrogen and oxygen atoms in total. The van der Waals surface area contributed by atoms with E-state index in [1.54, 1.807) is 0 Å². The summed E-state index contributed by atoms with van der Waals surface area (Å²) < 4.78 is 0. The topological polar surface area (TPSA) is 97.7 Å². The molecule has 2 N–H and O–H groups in total. The lowest BCUT2D eigenvalue weighted by Crippen LogP contribution is -2.47. The molecule has 0 saturated carbocycles. The molecule has 1 heterocycles. The minimum absolute atomic E-state index is 0.260. The normalized spacial score (nSPS) is 18.4. The first-order valence-corrected chi connectivity index (χ1v) is 8.38. The molecular weight excluding hydrogens is 310 g/mol. The average molecular weight is 334 g/mol. The van der Waals surface area contributed by atoms with Gasteiger partial charge in [0.2, 0.25) is 0 Å². The van der Waals surface area contributed by atoms with E-state index < -0.39 is 23.0 Å². The van der Waals surface area contributed by atoms with E-state index in [0.29, 0.717) is 36.8 Å². The molecule has 0 spiro atoms. The minimum atomic E-state index is -1.29. The van der Waals surface area contributed by atoms with Crippen molar-refractivity contribution < 1.29 is 25.0 Å². The van der Waals surface area contributed by atoms with Crippen LogP contribution in [0.25, 0.3) is 0 Å². The van der Waals surface area contributed by atoms with Gasteiger partial charge in [0.1, 0.15) is 0 Å². The fraction of sp³-hybridized carbons (Fsp3) is 0.556. The van der Waals surface area contributed by atoms with Crippen LogP contribution in [0.1, 0.15) is 85.2 Å². The lowest BCUT2D eigenvalue weighted by atomic mass is 9.80. The quantitative estimate of drug-likeness (QED) is 0.825. The predicted octanol–water partition coefficient (Wildman–Crippen LogP) is 3.77. The molecular formula is C18H24NO5. The average Bonchev–Trinajstić information content (AvgIpc) is 2.78. The van der Waals surface area contributed by atoms with E-state index in [4.69, 9.17) is 0 Å². The molecule has 0 atom stereocenters. The summed E-state index contributed by atoms with van der Waals surface area (Å²) in [5, 5.41) is 33.2. The summed E-state index contributed by atoms with van der Waals surface area (Å²) in [6.45, 7) is 7.63. The number of benzene rings is 1. The van der Waals surface area contributed by atoms with Crippen molar-refractivity contribution in [3.8, 4) is 0 Å². The zero-order valence-corrected chi connectivity index (χ0v) is 14.5. The maximum absolute atomic E-state index is 13.3. The summed E-state index contributed by atoms with van der Waals surface area (Å²) in [6.07, 6.45) is 2.14. The van der Waals surface area contributed by atoms with Crippen molar-refractivity contribution in [3.63, 3.8) is 0 Å². The molecule has 6 heteroatoms. The Labute approximate surface area is 141 Å². The van der Waals surface area contributed by atoms with Crippen LogP contribution in [-0.4, -0.2) is 27.2 Å². The Kier molecular flexibility index (Phi) is 4.74. The van der Waals surface area contributed by atoms with Crippen LogP contribution in [0, 0.1) is 0 Å². The first-order valence-electron chi connectivity index (χ1n) is 8.38. The van der Waals surface area contributed by atoms with E-state index in [0.717, 1.165) is 5.06 Å². The van der Waals surface area contributed by atoms with E-state index >= 15 is 0 Å². The van der Waals surface area contributed by atoms with Crippen molar-refractivity contribution in [2.45, 2.75) is 64.5 Å². The van der Waals surface area contributed by atoms with Gasteiger partial charge in [-0.3, -0.25) is 0 Å². The van der Waals surface area contributed by atoms with Crippen LogP contribution in [0.5, 0.6) is 0 Å². The van der Waals surface area contributed by atoms with Crippen LogP contribution in [0.4, 0.5) is 0 Å². The number of carbonyl (C=O) groups is 2. The Bertz CT molecular complexity index is 617. The molecule has 131 valence electrons. The fourth-order valence-electron chi connectivity index (χ4n) is 4.19. The molecule has 0 amide bonds. The van der Waals surface area contributed by atoms with E-state index in [9.17, 15) is 25.0 Å². The SMILES string of the molecule is CCC1(CC)c2cc(C(=O)O)c(C(=O)O)cc2C(CC)(CC)N1[O]. The van der Waals surface area contributed by atoms with Gasteiger partial charge in [-0.2, -0.15) is 0 Å². The standard InChI is InChI=1S/C18H24NO5/c1-5-17(6-2)13-9-11(15(20)21)12(16(22)23)10-14(13)18(7-3,8-4)19(17)24/h9-10H,5-8H2,1-4H3,(H,20,21)(H,22,23). The first kappa shape index (κ1) is 18.4. The largest absolute Gasteiger partial charge is 0.478 e. The van der Waals surface area contributed by atoms with Crippen molar-refractivity contribution in [1.29, 1.82) is 0 Å². The zero-order valence-electron chi connectivity index (χ0n) is 14.5. The van der Waals surface area contributed by atoms with Crippen LogP contribution in [0.2, 0.25) is 0 Å². The number of fused-ring (bicyclic) bond motifs is 1. The molecule has 0 aliphatic carbocycles. The predicted molar refractivity (Wildman–Crippen MR) is 87.4 cm³/mol. The van der Waals surface area contributed by atoms with Crippen LogP contribution < -0.4 is 0 Å². The highest BCUT2D eigenvalue weighted by Crippen LogP contribution is 2.55. The number of rotatable bonds is 6. The van der Waals surface area contributed by atoms with Crippen LogP contribution in [0.3, 0.4) is 0 Å². The summed E-state index contributed by atoms with van der Waals surface area (Å²) in [7, 11) is 0. The number of hydrogen-bond acceptors (Lipinski definition) is 3. The molecule has 2 rings (SSSR count). The second-order valence-electron chi connectivity index (χ2n) is 6.33. The molecule has 1 aromatic rings. The number of carboxylic acid groups (broad SMARTS) is 2. The Hall–Kier alpha value is -1.92. The Morgan fingerprint density at radius 1 is 0.833 bits per heavy atom. The van der Waals surface area contributed by atoms with Crippen LogP contribution in [0.15, 0.2) is 12.1 Å². The molecule has 0 fully saturated rings. The molecule has 0 saturated heterocycles. The van der Waals surface area contributed by atoms with E-state index in [-0.39, 0.29) is 11.1 Å². The van der Waals surface area contributed by atoms with Gasteiger partial charge in [-0.1, -0.05) is 27.7 Å². The first-order chi connectivity index (χ1) is 11.3. The molecule has 1 aliphatic rings. The lowest BCUT2D eigenvalue weighted by molar-refractivity contribution is -0.287. The van der Waals surface area contributed by atoms with Crippen molar-refractivity contribution in [1.82, 2.24) is 5.06 Å². The van der Waals surface area contributed by atoms with Crippen molar-refractivity contribution in [2.75, 3.05) is 0 Å². The number of nitrogens with zero attached hydrogens (tertiary/aromatic N) is 1. The highest BCUT2D eigenvalue weighted by molar-refractivity contribution is 6.02. The second-order valence-corrected chi connectivity index (χ2v) is 6.33. The van der Waals surface area contributed by atoms with Gasteiger partial charge >= 0.3 is 11.9 Å². The van der Waals surface area contributed by atoms with E-state index in [1.807, 2.05) is 27.7 Å². The Balaban J connectivity index is 2.93. The maximum atomic E-state index is 13.3. The third-order valence-corrected chi connectivity index (χ3v) is 5.74. The van der Waals surface area contributed by atoms with Gasteiger partial charge in [0.25, 0.3) is 0 Å². The van der Waals surface area contributed by atoms with Gasteiger partial charge in [0.15, 0.2) is 0 Å². The summed E-state index contributed by atoms with van der Waals surface area (Å²) >= 11 is 0. The van der Waals surface area contributed by atoms with Gasteiger partial charge in [-0.15, -0.1) is 10.3 Å². The number of hydroxylamine groups is 2. The van der Waals surface area contributed by atoms with Gasteiger partial charge in [0, 0.05) is 0 Å². The highest BCUT2D eigenvalue weighted by Gasteiger charge is 2.56. The number of carboxylic acids is 2. The molecule has 1 aromatic carbocycles. The summed E-state index contributed by atoms with van der Waals surface area (Å²) in [6, 6.07) is 2.82. The number of hydrogen-bond donors (Lipinski definition) is 2. The molecule has 0 aromatic heterocycles.